The van der Waals surface area contributed by atoms with E-state index in [1.165, 1.54) is 0 Å². The molecule has 0 aliphatic rings. The Labute approximate surface area is 101 Å². The number of ether oxygens (including phenoxy) is 1. The van der Waals surface area contributed by atoms with Gasteiger partial charge in [-0.1, -0.05) is 26.0 Å². The van der Waals surface area contributed by atoms with Crippen LogP contribution in [0.3, 0.4) is 0 Å². The lowest BCUT2D eigenvalue weighted by molar-refractivity contribution is 0.248. The predicted octanol–water partition coefficient (Wildman–Crippen LogP) is 3.68. The number of nitriles is 1. The quantitative estimate of drug-likeness (QED) is 0.803. The fourth-order valence-electron chi connectivity index (χ4n) is 1.78. The van der Waals surface area contributed by atoms with Crippen LogP contribution in [0.15, 0.2) is 28.7 Å². The van der Waals surface area contributed by atoms with Gasteiger partial charge >= 0.3 is 0 Å². The van der Waals surface area contributed by atoms with Crippen molar-refractivity contribution in [2.24, 2.45) is 0 Å². The number of hydrogen-bond acceptors (Lipinski definition) is 3. The van der Waals surface area contributed by atoms with Gasteiger partial charge in [-0.2, -0.15) is 5.26 Å². The number of fused-ring (bicyclic) bond motifs is 1. The zero-order chi connectivity index (χ0) is 12.3. The van der Waals surface area contributed by atoms with Gasteiger partial charge in [0.25, 0.3) is 0 Å². The molecule has 0 spiro atoms. The van der Waals surface area contributed by atoms with E-state index in [2.05, 4.69) is 6.07 Å². The highest BCUT2D eigenvalue weighted by Crippen LogP contribution is 2.34. The van der Waals surface area contributed by atoms with Gasteiger partial charge in [-0.05, 0) is 18.6 Å². The summed E-state index contributed by atoms with van der Waals surface area (Å²) < 4.78 is 11.4. The van der Waals surface area contributed by atoms with Crippen molar-refractivity contribution < 1.29 is 9.15 Å². The smallest absolute Gasteiger partial charge is 0.184 e. The summed E-state index contributed by atoms with van der Waals surface area (Å²) in [5.74, 6) is 1.52. The normalized spacial score (nSPS) is 12.3. The maximum atomic E-state index is 8.95. The molecule has 0 N–H and O–H groups in total. The summed E-state index contributed by atoms with van der Waals surface area (Å²) >= 11 is 0. The third-order valence-electron chi connectivity index (χ3n) is 2.71. The van der Waals surface area contributed by atoms with Crippen molar-refractivity contribution in [2.75, 3.05) is 0 Å². The summed E-state index contributed by atoms with van der Waals surface area (Å²) in [6.45, 7) is 3.94. The van der Waals surface area contributed by atoms with Gasteiger partial charge in [0.05, 0.1) is 5.39 Å². The van der Waals surface area contributed by atoms with Crippen LogP contribution in [0.5, 0.6) is 5.75 Å². The highest BCUT2D eigenvalue weighted by molar-refractivity contribution is 5.85. The number of rotatable bonds is 4. The van der Waals surface area contributed by atoms with Crippen LogP contribution in [-0.4, -0.2) is 6.10 Å². The molecular formula is C14H15NO2. The Morgan fingerprint density at radius 2 is 2.12 bits per heavy atom. The lowest BCUT2D eigenvalue weighted by Gasteiger charge is -2.09. The molecule has 0 amide bonds. The highest BCUT2D eigenvalue weighted by Gasteiger charge is 2.17. The van der Waals surface area contributed by atoms with Crippen molar-refractivity contribution in [1.29, 1.82) is 5.26 Å². The summed E-state index contributed by atoms with van der Waals surface area (Å²) in [7, 11) is 0. The summed E-state index contributed by atoms with van der Waals surface area (Å²) in [6.07, 6.45) is 1.01. The Kier molecular flexibility index (Phi) is 3.34. The van der Waals surface area contributed by atoms with Gasteiger partial charge in [-0.25, -0.2) is 0 Å². The van der Waals surface area contributed by atoms with E-state index in [9.17, 15) is 0 Å². The van der Waals surface area contributed by atoms with Crippen LogP contribution in [0.25, 0.3) is 11.0 Å². The Balaban J connectivity index is 2.47. The Bertz CT molecular complexity index is 551. The second-order valence-corrected chi connectivity index (χ2v) is 3.85. The van der Waals surface area contributed by atoms with E-state index < -0.39 is 6.10 Å². The van der Waals surface area contributed by atoms with Crippen molar-refractivity contribution in [2.45, 2.75) is 32.8 Å². The zero-order valence-electron chi connectivity index (χ0n) is 10.1. The van der Waals surface area contributed by atoms with Crippen LogP contribution in [0.4, 0.5) is 0 Å². The summed E-state index contributed by atoms with van der Waals surface area (Å²) in [5.41, 5.74) is 0.812. The van der Waals surface area contributed by atoms with Gasteiger partial charge in [0.15, 0.2) is 11.9 Å². The molecule has 0 saturated heterocycles. The molecule has 0 aliphatic heterocycles. The fourth-order valence-corrected chi connectivity index (χ4v) is 1.78. The first-order valence-corrected chi connectivity index (χ1v) is 5.86. The third-order valence-corrected chi connectivity index (χ3v) is 2.71. The number of hydrogen-bond donors (Lipinski definition) is 0. The minimum atomic E-state index is -0.415. The fraction of sp³-hybridized carbons (Fsp3) is 0.357. The second kappa shape index (κ2) is 4.92. The Morgan fingerprint density at radius 1 is 1.35 bits per heavy atom. The summed E-state index contributed by atoms with van der Waals surface area (Å²) in [6, 6.07) is 9.88. The molecule has 1 aromatic carbocycles. The molecule has 1 heterocycles. The molecule has 3 nitrogen and oxygen atoms in total. The molecule has 2 aromatic rings. The SMILES string of the molecule is CCc1oc2ccccc2c1OC(C#N)CC. The van der Waals surface area contributed by atoms with E-state index in [1.807, 2.05) is 38.1 Å². The molecular weight excluding hydrogens is 214 g/mol. The monoisotopic (exact) mass is 229 g/mol. The molecule has 0 saturated carbocycles. The maximum Gasteiger partial charge on any atom is 0.184 e. The maximum absolute atomic E-state index is 8.95. The molecule has 1 atom stereocenters. The molecule has 2 rings (SSSR count). The molecule has 0 bridgehead atoms. The van der Waals surface area contributed by atoms with Gasteiger partial charge in [-0.3, -0.25) is 0 Å². The van der Waals surface area contributed by atoms with Gasteiger partial charge < -0.3 is 9.15 Å². The number of furan rings is 1. The van der Waals surface area contributed by atoms with Gasteiger partial charge in [0.1, 0.15) is 17.4 Å². The molecule has 17 heavy (non-hydrogen) atoms. The number of benzene rings is 1. The average Bonchev–Trinajstić information content (AvgIpc) is 2.73. The molecule has 1 aromatic heterocycles. The summed E-state index contributed by atoms with van der Waals surface area (Å²) in [5, 5.41) is 9.90. The highest BCUT2D eigenvalue weighted by atomic mass is 16.5. The van der Waals surface area contributed by atoms with Crippen molar-refractivity contribution in [3.05, 3.63) is 30.0 Å². The Morgan fingerprint density at radius 3 is 2.76 bits per heavy atom. The van der Waals surface area contributed by atoms with Gasteiger partial charge in [-0.15, -0.1) is 0 Å². The van der Waals surface area contributed by atoms with Crippen LogP contribution < -0.4 is 4.74 Å². The molecule has 1 unspecified atom stereocenters. The first-order valence-electron chi connectivity index (χ1n) is 5.86. The topological polar surface area (TPSA) is 46.2 Å². The molecule has 0 aliphatic carbocycles. The second-order valence-electron chi connectivity index (χ2n) is 3.85. The van der Waals surface area contributed by atoms with E-state index in [-0.39, 0.29) is 0 Å². The first-order chi connectivity index (χ1) is 8.30. The number of para-hydroxylation sites is 1. The van der Waals surface area contributed by atoms with E-state index >= 15 is 0 Å². The van der Waals surface area contributed by atoms with Crippen molar-refractivity contribution in [3.8, 4) is 11.8 Å². The molecule has 3 heteroatoms. The Hall–Kier alpha value is -1.95. The van der Waals surface area contributed by atoms with Crippen LogP contribution in [0.1, 0.15) is 26.0 Å². The van der Waals surface area contributed by atoms with E-state index in [0.29, 0.717) is 6.42 Å². The van der Waals surface area contributed by atoms with Gasteiger partial charge in [0, 0.05) is 6.42 Å². The molecule has 0 radical (unpaired) electrons. The molecule has 88 valence electrons. The predicted molar refractivity (Wildman–Crippen MR) is 65.9 cm³/mol. The van der Waals surface area contributed by atoms with Crippen molar-refractivity contribution in [3.63, 3.8) is 0 Å². The van der Waals surface area contributed by atoms with Crippen LogP contribution in [-0.2, 0) is 6.42 Å². The number of aryl methyl sites for hydroxylation is 1. The summed E-state index contributed by atoms with van der Waals surface area (Å²) in [4.78, 5) is 0. The third kappa shape index (κ3) is 2.12. The van der Waals surface area contributed by atoms with Crippen LogP contribution >= 0.6 is 0 Å². The zero-order valence-corrected chi connectivity index (χ0v) is 10.1. The van der Waals surface area contributed by atoms with Crippen molar-refractivity contribution in [1.82, 2.24) is 0 Å². The van der Waals surface area contributed by atoms with E-state index in [4.69, 9.17) is 14.4 Å². The minimum absolute atomic E-state index is 0.415. The van der Waals surface area contributed by atoms with Gasteiger partial charge in [0.2, 0.25) is 0 Å². The van der Waals surface area contributed by atoms with E-state index in [0.717, 1.165) is 28.9 Å². The first kappa shape index (κ1) is 11.5. The van der Waals surface area contributed by atoms with Crippen LogP contribution in [0, 0.1) is 11.3 Å². The molecule has 0 fully saturated rings. The lowest BCUT2D eigenvalue weighted by atomic mass is 10.2. The van der Waals surface area contributed by atoms with Crippen LogP contribution in [0.2, 0.25) is 0 Å². The standard InChI is InChI=1S/C14H15NO2/c1-3-10(9-15)16-14-11-7-5-6-8-13(11)17-12(14)4-2/h5-8,10H,3-4H2,1-2H3. The van der Waals surface area contributed by atoms with Crippen molar-refractivity contribution >= 4 is 11.0 Å². The minimum Gasteiger partial charge on any atom is -0.471 e. The largest absolute Gasteiger partial charge is 0.471 e. The van der Waals surface area contributed by atoms with E-state index in [1.54, 1.807) is 0 Å². The average molecular weight is 229 g/mol. The lowest BCUT2D eigenvalue weighted by Crippen LogP contribution is -2.12. The number of nitrogens with zero attached hydrogens (tertiary/aromatic N) is 1.